The van der Waals surface area contributed by atoms with Gasteiger partial charge in [-0.25, -0.2) is 12.8 Å². The van der Waals surface area contributed by atoms with Crippen LogP contribution in [-0.4, -0.2) is 20.9 Å². The van der Waals surface area contributed by atoms with Crippen molar-refractivity contribution >= 4 is 27.3 Å². The van der Waals surface area contributed by atoms with Crippen molar-refractivity contribution in [2.75, 3.05) is 16.2 Å². The van der Waals surface area contributed by atoms with Crippen molar-refractivity contribution in [3.05, 3.63) is 90.2 Å². The highest BCUT2D eigenvalue weighted by molar-refractivity contribution is 7.92. The van der Waals surface area contributed by atoms with E-state index < -0.39 is 28.3 Å². The summed E-state index contributed by atoms with van der Waals surface area (Å²) in [5.41, 5.74) is 1.37. The lowest BCUT2D eigenvalue weighted by Crippen LogP contribution is -2.38. The average molecular weight is 398 g/mol. The van der Waals surface area contributed by atoms with Crippen LogP contribution in [0.3, 0.4) is 0 Å². The zero-order valence-electron chi connectivity index (χ0n) is 15.2. The van der Waals surface area contributed by atoms with E-state index in [1.54, 1.807) is 30.3 Å². The van der Waals surface area contributed by atoms with Crippen LogP contribution >= 0.6 is 0 Å². The van der Waals surface area contributed by atoms with Crippen LogP contribution < -0.4 is 9.62 Å². The highest BCUT2D eigenvalue weighted by Gasteiger charge is 2.29. The number of benzene rings is 3. The Kier molecular flexibility index (Phi) is 5.75. The molecule has 0 saturated heterocycles. The third kappa shape index (κ3) is 4.37. The van der Waals surface area contributed by atoms with Gasteiger partial charge in [-0.3, -0.25) is 9.10 Å². The molecule has 0 aliphatic carbocycles. The fourth-order valence-corrected chi connectivity index (χ4v) is 4.09. The first kappa shape index (κ1) is 19.6. The van der Waals surface area contributed by atoms with Crippen molar-refractivity contribution in [1.82, 2.24) is 0 Å². The molecule has 0 unspecified atom stereocenters. The van der Waals surface area contributed by atoms with E-state index in [0.717, 1.165) is 15.9 Å². The summed E-state index contributed by atoms with van der Waals surface area (Å²) in [5, 5.41) is 2.64. The maximum atomic E-state index is 14.4. The minimum atomic E-state index is -4.14. The Morgan fingerprint density at radius 2 is 1.54 bits per heavy atom. The van der Waals surface area contributed by atoms with E-state index in [1.165, 1.54) is 30.3 Å². The molecule has 3 aromatic carbocycles. The Morgan fingerprint density at radius 1 is 0.929 bits per heavy atom. The SMILES string of the molecule is Cc1ccc(NC(=O)CN(c2ccccc2F)S(=O)(=O)c2ccccc2)cc1. The van der Waals surface area contributed by atoms with Gasteiger partial charge in [-0.15, -0.1) is 0 Å². The van der Waals surface area contributed by atoms with Crippen molar-refractivity contribution in [1.29, 1.82) is 0 Å². The van der Waals surface area contributed by atoms with Crippen LogP contribution in [0.5, 0.6) is 0 Å². The molecular weight excluding hydrogens is 379 g/mol. The van der Waals surface area contributed by atoms with E-state index in [2.05, 4.69) is 5.32 Å². The molecule has 144 valence electrons. The number of sulfonamides is 1. The normalized spacial score (nSPS) is 11.1. The predicted molar refractivity (Wildman–Crippen MR) is 107 cm³/mol. The van der Waals surface area contributed by atoms with Crippen molar-refractivity contribution < 1.29 is 17.6 Å². The van der Waals surface area contributed by atoms with Crippen LogP contribution in [0.2, 0.25) is 0 Å². The van der Waals surface area contributed by atoms with Gasteiger partial charge < -0.3 is 5.32 Å². The molecule has 0 aliphatic heterocycles. The molecule has 7 heteroatoms. The number of anilines is 2. The summed E-state index contributed by atoms with van der Waals surface area (Å²) in [6.07, 6.45) is 0. The molecule has 28 heavy (non-hydrogen) atoms. The van der Waals surface area contributed by atoms with Gasteiger partial charge in [0, 0.05) is 5.69 Å². The third-order valence-electron chi connectivity index (χ3n) is 4.07. The number of halogens is 1. The molecule has 0 spiro atoms. The number of amides is 1. The number of carbonyl (C=O) groups excluding carboxylic acids is 1. The summed E-state index contributed by atoms with van der Waals surface area (Å²) in [7, 11) is -4.14. The van der Waals surface area contributed by atoms with Gasteiger partial charge in [0.15, 0.2) is 0 Å². The number of para-hydroxylation sites is 1. The van der Waals surface area contributed by atoms with Gasteiger partial charge in [-0.05, 0) is 43.3 Å². The zero-order chi connectivity index (χ0) is 20.1. The number of carbonyl (C=O) groups is 1. The van der Waals surface area contributed by atoms with Gasteiger partial charge in [0.25, 0.3) is 10.0 Å². The lowest BCUT2D eigenvalue weighted by atomic mass is 10.2. The second kappa shape index (κ2) is 8.22. The van der Waals surface area contributed by atoms with Crippen molar-refractivity contribution in [2.45, 2.75) is 11.8 Å². The van der Waals surface area contributed by atoms with E-state index in [4.69, 9.17) is 0 Å². The number of aryl methyl sites for hydroxylation is 1. The molecule has 0 aromatic heterocycles. The van der Waals surface area contributed by atoms with Gasteiger partial charge in [0.2, 0.25) is 5.91 Å². The van der Waals surface area contributed by atoms with Gasteiger partial charge in [0.05, 0.1) is 10.6 Å². The third-order valence-corrected chi connectivity index (χ3v) is 5.85. The molecule has 5 nitrogen and oxygen atoms in total. The summed E-state index contributed by atoms with van der Waals surface area (Å²) in [4.78, 5) is 12.5. The van der Waals surface area contributed by atoms with Gasteiger partial charge in [-0.1, -0.05) is 48.0 Å². The first-order valence-electron chi connectivity index (χ1n) is 8.57. The Labute approximate surface area is 163 Å². The van der Waals surface area contributed by atoms with Crippen LogP contribution in [0.4, 0.5) is 15.8 Å². The fraction of sp³-hybridized carbons (Fsp3) is 0.0952. The Bertz CT molecular complexity index is 1070. The minimum Gasteiger partial charge on any atom is -0.325 e. The number of rotatable bonds is 6. The highest BCUT2D eigenvalue weighted by Crippen LogP contribution is 2.26. The van der Waals surface area contributed by atoms with Crippen LogP contribution in [0.1, 0.15) is 5.56 Å². The molecule has 0 bridgehead atoms. The zero-order valence-corrected chi connectivity index (χ0v) is 16.0. The standard InChI is InChI=1S/C21H19FN2O3S/c1-16-11-13-17(14-12-16)23-21(25)15-24(20-10-6-5-9-19(20)22)28(26,27)18-7-3-2-4-8-18/h2-14H,15H2,1H3,(H,23,25). The van der Waals surface area contributed by atoms with E-state index in [9.17, 15) is 17.6 Å². The van der Waals surface area contributed by atoms with Crippen LogP contribution in [-0.2, 0) is 14.8 Å². The van der Waals surface area contributed by atoms with Crippen molar-refractivity contribution in [3.63, 3.8) is 0 Å². The second-order valence-corrected chi connectivity index (χ2v) is 8.05. The van der Waals surface area contributed by atoms with Gasteiger partial charge in [-0.2, -0.15) is 0 Å². The molecule has 3 aromatic rings. The lowest BCUT2D eigenvalue weighted by molar-refractivity contribution is -0.114. The van der Waals surface area contributed by atoms with Gasteiger partial charge in [0.1, 0.15) is 12.4 Å². The highest BCUT2D eigenvalue weighted by atomic mass is 32.2. The maximum absolute atomic E-state index is 14.4. The molecule has 1 N–H and O–H groups in total. The fourth-order valence-electron chi connectivity index (χ4n) is 2.64. The average Bonchev–Trinajstić information content (AvgIpc) is 2.69. The summed E-state index contributed by atoms with van der Waals surface area (Å²) < 4.78 is 41.3. The molecular formula is C21H19FN2O3S. The molecule has 0 atom stereocenters. The number of nitrogens with one attached hydrogen (secondary N) is 1. The van der Waals surface area contributed by atoms with E-state index >= 15 is 0 Å². The Morgan fingerprint density at radius 3 is 2.18 bits per heavy atom. The minimum absolute atomic E-state index is 0.0265. The number of nitrogens with zero attached hydrogens (tertiary/aromatic N) is 1. The van der Waals surface area contributed by atoms with E-state index in [1.807, 2.05) is 19.1 Å². The Balaban J connectivity index is 1.94. The largest absolute Gasteiger partial charge is 0.325 e. The van der Waals surface area contributed by atoms with Crippen molar-refractivity contribution in [2.24, 2.45) is 0 Å². The number of hydrogen-bond acceptors (Lipinski definition) is 3. The smallest absolute Gasteiger partial charge is 0.264 e. The number of hydrogen-bond donors (Lipinski definition) is 1. The molecule has 0 aliphatic rings. The van der Waals surface area contributed by atoms with E-state index in [0.29, 0.717) is 5.69 Å². The quantitative estimate of drug-likeness (QED) is 0.683. The molecule has 1 amide bonds. The van der Waals surface area contributed by atoms with Gasteiger partial charge >= 0.3 is 0 Å². The monoisotopic (exact) mass is 398 g/mol. The van der Waals surface area contributed by atoms with E-state index in [-0.39, 0.29) is 10.6 Å². The Hall–Kier alpha value is -3.19. The molecule has 0 saturated carbocycles. The topological polar surface area (TPSA) is 66.5 Å². The summed E-state index contributed by atoms with van der Waals surface area (Å²) in [6, 6.07) is 20.2. The maximum Gasteiger partial charge on any atom is 0.264 e. The molecule has 0 heterocycles. The molecule has 0 radical (unpaired) electrons. The van der Waals surface area contributed by atoms with Crippen LogP contribution in [0.25, 0.3) is 0 Å². The summed E-state index contributed by atoms with van der Waals surface area (Å²) in [5.74, 6) is -1.31. The van der Waals surface area contributed by atoms with Crippen molar-refractivity contribution in [3.8, 4) is 0 Å². The predicted octanol–water partition coefficient (Wildman–Crippen LogP) is 3.97. The second-order valence-electron chi connectivity index (χ2n) is 6.19. The summed E-state index contributed by atoms with van der Waals surface area (Å²) in [6.45, 7) is 1.35. The summed E-state index contributed by atoms with van der Waals surface area (Å²) >= 11 is 0. The van der Waals surface area contributed by atoms with Crippen LogP contribution in [0.15, 0.2) is 83.8 Å². The lowest BCUT2D eigenvalue weighted by Gasteiger charge is -2.24. The van der Waals surface area contributed by atoms with Crippen LogP contribution in [0, 0.1) is 12.7 Å². The first-order valence-corrected chi connectivity index (χ1v) is 10.0. The molecule has 0 fully saturated rings. The first-order chi connectivity index (χ1) is 13.4. The molecule has 3 rings (SSSR count).